The molecule has 0 heterocycles. The molecule has 1 nitrogen and oxygen atoms in total. The van der Waals surface area contributed by atoms with E-state index in [0.717, 1.165) is 12.2 Å². The minimum absolute atomic E-state index is 0.0117. The SMILES string of the molecule is C=C/C(S)=C(\C=C)OC(F)(F)F. The Kier molecular flexibility index (Phi) is 3.95. The Labute approximate surface area is 73.6 Å². The molecule has 0 atom stereocenters. The van der Waals surface area contributed by atoms with E-state index in [4.69, 9.17) is 0 Å². The lowest BCUT2D eigenvalue weighted by molar-refractivity contribution is -0.303. The molecule has 0 N–H and O–H groups in total. The lowest BCUT2D eigenvalue weighted by Crippen LogP contribution is -2.12. The normalized spacial score (nSPS) is 13.3. The lowest BCUT2D eigenvalue weighted by atomic mass is 10.4. The van der Waals surface area contributed by atoms with Gasteiger partial charge in [-0.25, -0.2) is 0 Å². The summed E-state index contributed by atoms with van der Waals surface area (Å²) in [6.07, 6.45) is -2.68. The van der Waals surface area contributed by atoms with Crippen LogP contribution in [0.4, 0.5) is 13.2 Å². The summed E-state index contributed by atoms with van der Waals surface area (Å²) in [5, 5.41) is 0. The van der Waals surface area contributed by atoms with E-state index in [2.05, 4.69) is 30.5 Å². The van der Waals surface area contributed by atoms with Crippen molar-refractivity contribution in [2.75, 3.05) is 0 Å². The summed E-state index contributed by atoms with van der Waals surface area (Å²) in [5.41, 5.74) is 0. The molecule has 0 aromatic carbocycles. The van der Waals surface area contributed by atoms with Gasteiger partial charge in [0, 0.05) is 4.91 Å². The van der Waals surface area contributed by atoms with Crippen LogP contribution in [0.15, 0.2) is 36.0 Å². The third-order valence-electron chi connectivity index (χ3n) is 0.857. The summed E-state index contributed by atoms with van der Waals surface area (Å²) < 4.78 is 38.4. The van der Waals surface area contributed by atoms with Gasteiger partial charge in [-0.2, -0.15) is 0 Å². The van der Waals surface area contributed by atoms with Crippen molar-refractivity contribution in [2.24, 2.45) is 0 Å². The predicted molar refractivity (Wildman–Crippen MR) is 43.5 cm³/mol. The Morgan fingerprint density at radius 2 is 1.75 bits per heavy atom. The topological polar surface area (TPSA) is 9.23 Å². The third kappa shape index (κ3) is 4.12. The average molecular weight is 196 g/mol. The zero-order valence-electron chi connectivity index (χ0n) is 6.06. The molecule has 0 spiro atoms. The van der Waals surface area contributed by atoms with Crippen molar-refractivity contribution in [3.8, 4) is 0 Å². The van der Waals surface area contributed by atoms with E-state index in [-0.39, 0.29) is 4.91 Å². The molecule has 68 valence electrons. The summed E-state index contributed by atoms with van der Waals surface area (Å²) in [4.78, 5) is -0.0117. The highest BCUT2D eigenvalue weighted by Gasteiger charge is 2.31. The number of thiol groups is 1. The Balaban J connectivity index is 4.60. The Bertz CT molecular complexity index is 217. The zero-order chi connectivity index (χ0) is 9.78. The first-order valence-electron chi connectivity index (χ1n) is 2.84. The maximum Gasteiger partial charge on any atom is 0.573 e. The first kappa shape index (κ1) is 11.2. The van der Waals surface area contributed by atoms with Crippen LogP contribution in [-0.4, -0.2) is 6.36 Å². The second kappa shape index (κ2) is 4.25. The summed E-state index contributed by atoms with van der Waals surface area (Å²) in [6.45, 7) is 6.36. The van der Waals surface area contributed by atoms with E-state index in [1.54, 1.807) is 0 Å². The van der Waals surface area contributed by atoms with E-state index >= 15 is 0 Å². The first-order valence-corrected chi connectivity index (χ1v) is 3.29. The fourth-order valence-corrected chi connectivity index (χ4v) is 0.561. The van der Waals surface area contributed by atoms with E-state index in [1.165, 1.54) is 0 Å². The summed E-state index contributed by atoms with van der Waals surface area (Å²) in [5.74, 6) is -0.458. The zero-order valence-corrected chi connectivity index (χ0v) is 6.95. The highest BCUT2D eigenvalue weighted by molar-refractivity contribution is 7.84. The molecule has 0 saturated carbocycles. The van der Waals surface area contributed by atoms with Gasteiger partial charge in [-0.3, -0.25) is 0 Å². The largest absolute Gasteiger partial charge is 0.573 e. The molecule has 0 radical (unpaired) electrons. The maximum absolute atomic E-state index is 11.6. The summed E-state index contributed by atoms with van der Waals surface area (Å²) >= 11 is 3.68. The third-order valence-corrected chi connectivity index (χ3v) is 1.26. The minimum atomic E-state index is -4.72. The summed E-state index contributed by atoms with van der Waals surface area (Å²) in [6, 6.07) is 0. The molecule has 0 fully saturated rings. The number of allylic oxidation sites excluding steroid dienone is 2. The molecule has 0 aliphatic rings. The van der Waals surface area contributed by atoms with Gasteiger partial charge in [0.15, 0.2) is 0 Å². The predicted octanol–water partition coefficient (Wildman–Crippen LogP) is 3.04. The molecule has 12 heavy (non-hydrogen) atoms. The molecule has 0 aromatic rings. The second-order valence-corrected chi connectivity index (χ2v) is 2.19. The van der Waals surface area contributed by atoms with Crippen LogP contribution in [0.3, 0.4) is 0 Å². The Hall–Kier alpha value is -0.840. The second-order valence-electron chi connectivity index (χ2n) is 1.71. The van der Waals surface area contributed by atoms with Gasteiger partial charge in [-0.15, -0.1) is 25.8 Å². The van der Waals surface area contributed by atoms with Gasteiger partial charge >= 0.3 is 6.36 Å². The van der Waals surface area contributed by atoms with Gasteiger partial charge in [0.25, 0.3) is 0 Å². The average Bonchev–Trinajstić information content (AvgIpc) is 1.97. The van der Waals surface area contributed by atoms with E-state index in [0.29, 0.717) is 0 Å². The number of rotatable bonds is 3. The Morgan fingerprint density at radius 1 is 1.25 bits per heavy atom. The highest BCUT2D eigenvalue weighted by atomic mass is 32.1. The Morgan fingerprint density at radius 3 is 2.00 bits per heavy atom. The fourth-order valence-electron chi connectivity index (χ4n) is 0.424. The van der Waals surface area contributed by atoms with Gasteiger partial charge in [0.2, 0.25) is 0 Å². The lowest BCUT2D eigenvalue weighted by Gasteiger charge is -2.10. The molecule has 5 heteroatoms. The summed E-state index contributed by atoms with van der Waals surface area (Å²) in [7, 11) is 0. The fraction of sp³-hybridized carbons (Fsp3) is 0.143. The molecule has 0 aliphatic heterocycles. The van der Waals surface area contributed by atoms with Crippen LogP contribution in [0.1, 0.15) is 0 Å². The highest BCUT2D eigenvalue weighted by Crippen LogP contribution is 2.24. The molecule has 0 amide bonds. The van der Waals surface area contributed by atoms with Crippen LogP contribution in [0, 0.1) is 0 Å². The molecule has 0 aromatic heterocycles. The number of alkyl halides is 3. The quantitative estimate of drug-likeness (QED) is 0.414. The van der Waals surface area contributed by atoms with E-state index in [9.17, 15) is 13.2 Å². The monoisotopic (exact) mass is 196 g/mol. The van der Waals surface area contributed by atoms with Crippen LogP contribution >= 0.6 is 12.6 Å². The van der Waals surface area contributed by atoms with Gasteiger partial charge < -0.3 is 4.74 Å². The molecule has 0 rings (SSSR count). The minimum Gasteiger partial charge on any atom is -0.405 e. The van der Waals surface area contributed by atoms with Crippen LogP contribution in [-0.2, 0) is 4.74 Å². The van der Waals surface area contributed by atoms with Crippen LogP contribution in [0.5, 0.6) is 0 Å². The van der Waals surface area contributed by atoms with Crippen molar-refractivity contribution in [3.63, 3.8) is 0 Å². The molecule has 0 unspecified atom stereocenters. The molecule has 0 bridgehead atoms. The van der Waals surface area contributed by atoms with Crippen molar-refractivity contribution in [1.29, 1.82) is 0 Å². The molecule has 0 aliphatic carbocycles. The number of hydrogen-bond acceptors (Lipinski definition) is 2. The maximum atomic E-state index is 11.6. The van der Waals surface area contributed by atoms with Crippen LogP contribution in [0.25, 0.3) is 0 Å². The number of hydrogen-bond donors (Lipinski definition) is 1. The van der Waals surface area contributed by atoms with Crippen molar-refractivity contribution in [1.82, 2.24) is 0 Å². The van der Waals surface area contributed by atoms with Gasteiger partial charge in [-0.05, 0) is 6.08 Å². The number of halogens is 3. The van der Waals surface area contributed by atoms with Gasteiger partial charge in [0.05, 0.1) is 0 Å². The van der Waals surface area contributed by atoms with Crippen molar-refractivity contribution >= 4 is 12.6 Å². The van der Waals surface area contributed by atoms with Crippen molar-refractivity contribution in [2.45, 2.75) is 6.36 Å². The van der Waals surface area contributed by atoms with Crippen LogP contribution in [0.2, 0.25) is 0 Å². The van der Waals surface area contributed by atoms with E-state index < -0.39 is 12.1 Å². The smallest absolute Gasteiger partial charge is 0.405 e. The van der Waals surface area contributed by atoms with Crippen molar-refractivity contribution in [3.05, 3.63) is 36.0 Å². The molecule has 0 saturated heterocycles. The first-order chi connectivity index (χ1) is 5.40. The standard InChI is InChI=1S/C7H7F3OS/c1-3-5(6(12)4-2)11-7(8,9)10/h3-4,12H,1-2H2/b6-5-. The van der Waals surface area contributed by atoms with Gasteiger partial charge in [-0.1, -0.05) is 19.2 Å². The van der Waals surface area contributed by atoms with E-state index in [1.807, 2.05) is 0 Å². The van der Waals surface area contributed by atoms with Gasteiger partial charge in [0.1, 0.15) is 5.76 Å². The van der Waals surface area contributed by atoms with Crippen LogP contribution < -0.4 is 0 Å². The van der Waals surface area contributed by atoms with Crippen molar-refractivity contribution < 1.29 is 17.9 Å². The molecular weight excluding hydrogens is 189 g/mol. The number of ether oxygens (including phenoxy) is 1. The molecular formula is C7H7F3OS.